The molecule has 2 rings (SSSR count). The summed E-state index contributed by atoms with van der Waals surface area (Å²) in [6.07, 6.45) is 2.63. The van der Waals surface area contributed by atoms with Gasteiger partial charge < -0.3 is 15.0 Å². The number of hydrogen-bond donors (Lipinski definition) is 1. The molecule has 23 heavy (non-hydrogen) atoms. The van der Waals surface area contributed by atoms with E-state index in [1.165, 1.54) is 0 Å². The molecule has 0 aromatic heterocycles. The Bertz CT molecular complexity index is 526. The SMILES string of the molecule is CCOc1c(Cl)cc(Cl)cc1CNCCCN1CCCC1=O.Cl. The first-order valence-electron chi connectivity index (χ1n) is 7.71. The average molecular weight is 382 g/mol. The van der Waals surface area contributed by atoms with Gasteiger partial charge in [0.25, 0.3) is 0 Å². The number of amides is 1. The molecule has 130 valence electrons. The van der Waals surface area contributed by atoms with Crippen LogP contribution in [-0.4, -0.2) is 37.0 Å². The summed E-state index contributed by atoms with van der Waals surface area (Å²) in [6, 6.07) is 3.56. The number of hydrogen-bond acceptors (Lipinski definition) is 3. The molecule has 0 aliphatic carbocycles. The van der Waals surface area contributed by atoms with Crippen molar-refractivity contribution < 1.29 is 9.53 Å². The van der Waals surface area contributed by atoms with Crippen LogP contribution in [0.15, 0.2) is 12.1 Å². The highest BCUT2D eigenvalue weighted by molar-refractivity contribution is 6.35. The normalized spacial score (nSPS) is 14.0. The van der Waals surface area contributed by atoms with Crippen molar-refractivity contribution in [2.45, 2.75) is 32.7 Å². The molecule has 1 saturated heterocycles. The van der Waals surface area contributed by atoms with Gasteiger partial charge in [0.2, 0.25) is 5.91 Å². The zero-order chi connectivity index (χ0) is 15.9. The van der Waals surface area contributed by atoms with Gasteiger partial charge in [-0.15, -0.1) is 12.4 Å². The maximum absolute atomic E-state index is 11.5. The van der Waals surface area contributed by atoms with Gasteiger partial charge in [0.15, 0.2) is 0 Å². The summed E-state index contributed by atoms with van der Waals surface area (Å²) in [4.78, 5) is 13.4. The Morgan fingerprint density at radius 2 is 2.13 bits per heavy atom. The van der Waals surface area contributed by atoms with E-state index in [1.54, 1.807) is 6.07 Å². The van der Waals surface area contributed by atoms with Crippen LogP contribution in [0.5, 0.6) is 5.75 Å². The monoisotopic (exact) mass is 380 g/mol. The molecular weight excluding hydrogens is 359 g/mol. The summed E-state index contributed by atoms with van der Waals surface area (Å²) >= 11 is 12.2. The fraction of sp³-hybridized carbons (Fsp3) is 0.562. The molecule has 0 bridgehead atoms. The van der Waals surface area contributed by atoms with Gasteiger partial charge in [-0.1, -0.05) is 23.2 Å². The highest BCUT2D eigenvalue weighted by atomic mass is 35.5. The molecule has 1 amide bonds. The molecule has 1 aromatic rings. The smallest absolute Gasteiger partial charge is 0.222 e. The van der Waals surface area contributed by atoms with Crippen molar-refractivity contribution in [2.24, 2.45) is 0 Å². The van der Waals surface area contributed by atoms with E-state index < -0.39 is 0 Å². The lowest BCUT2D eigenvalue weighted by atomic mass is 10.2. The van der Waals surface area contributed by atoms with Gasteiger partial charge in [-0.2, -0.15) is 0 Å². The van der Waals surface area contributed by atoms with E-state index in [0.717, 1.165) is 38.0 Å². The zero-order valence-corrected chi connectivity index (χ0v) is 15.6. The van der Waals surface area contributed by atoms with E-state index in [9.17, 15) is 4.79 Å². The highest BCUT2D eigenvalue weighted by Crippen LogP contribution is 2.32. The van der Waals surface area contributed by atoms with Crippen LogP contribution in [-0.2, 0) is 11.3 Å². The van der Waals surface area contributed by atoms with Crippen molar-refractivity contribution in [3.05, 3.63) is 27.7 Å². The lowest BCUT2D eigenvalue weighted by molar-refractivity contribution is -0.127. The van der Waals surface area contributed by atoms with Crippen LogP contribution >= 0.6 is 35.6 Å². The van der Waals surface area contributed by atoms with Crippen molar-refractivity contribution in [3.63, 3.8) is 0 Å². The number of nitrogens with zero attached hydrogens (tertiary/aromatic N) is 1. The summed E-state index contributed by atoms with van der Waals surface area (Å²) in [6.45, 7) is 5.68. The molecule has 0 atom stereocenters. The maximum atomic E-state index is 11.5. The molecule has 0 unspecified atom stereocenters. The van der Waals surface area contributed by atoms with Crippen molar-refractivity contribution in [2.75, 3.05) is 26.2 Å². The topological polar surface area (TPSA) is 41.6 Å². The third-order valence-electron chi connectivity index (χ3n) is 3.64. The number of carbonyl (C=O) groups is 1. The van der Waals surface area contributed by atoms with E-state index in [-0.39, 0.29) is 18.3 Å². The molecule has 1 N–H and O–H groups in total. The van der Waals surface area contributed by atoms with Crippen molar-refractivity contribution in [3.8, 4) is 5.75 Å². The number of ether oxygens (including phenoxy) is 1. The fourth-order valence-electron chi connectivity index (χ4n) is 2.61. The Kier molecular flexibility index (Phi) is 9.07. The Labute approximate surface area is 153 Å². The maximum Gasteiger partial charge on any atom is 0.222 e. The second-order valence-corrected chi connectivity index (χ2v) is 6.17. The van der Waals surface area contributed by atoms with E-state index in [2.05, 4.69) is 5.32 Å². The average Bonchev–Trinajstić information content (AvgIpc) is 2.87. The molecule has 7 heteroatoms. The summed E-state index contributed by atoms with van der Waals surface area (Å²) in [5.74, 6) is 0.969. The number of benzene rings is 1. The van der Waals surface area contributed by atoms with Crippen LogP contribution in [0.1, 0.15) is 31.7 Å². The molecular formula is C16H23Cl3N2O2. The Hall–Kier alpha value is -0.680. The van der Waals surface area contributed by atoms with Gasteiger partial charge in [0.1, 0.15) is 5.75 Å². The number of rotatable bonds is 8. The first-order chi connectivity index (χ1) is 10.6. The lowest BCUT2D eigenvalue weighted by Crippen LogP contribution is -2.28. The predicted molar refractivity (Wildman–Crippen MR) is 97.0 cm³/mol. The third kappa shape index (κ3) is 6.03. The molecule has 1 aliphatic heterocycles. The summed E-state index contributed by atoms with van der Waals surface area (Å²) in [7, 11) is 0. The molecule has 1 aliphatic rings. The van der Waals surface area contributed by atoms with Crippen molar-refractivity contribution >= 4 is 41.5 Å². The van der Waals surface area contributed by atoms with Gasteiger partial charge in [0.05, 0.1) is 11.6 Å². The highest BCUT2D eigenvalue weighted by Gasteiger charge is 2.18. The lowest BCUT2D eigenvalue weighted by Gasteiger charge is -2.16. The standard InChI is InChI=1S/C16H22Cl2N2O2.ClH/c1-2-22-16-12(9-13(17)10-14(16)18)11-19-6-4-8-20-7-3-5-15(20)21;/h9-10,19H,2-8,11H2,1H3;1H. The van der Waals surface area contributed by atoms with E-state index in [0.29, 0.717) is 35.4 Å². The molecule has 1 heterocycles. The van der Waals surface area contributed by atoms with Crippen LogP contribution < -0.4 is 10.1 Å². The fourth-order valence-corrected chi connectivity index (χ4v) is 3.20. The van der Waals surface area contributed by atoms with E-state index in [4.69, 9.17) is 27.9 Å². The second kappa shape index (κ2) is 10.2. The van der Waals surface area contributed by atoms with Crippen LogP contribution in [0, 0.1) is 0 Å². The quantitative estimate of drug-likeness (QED) is 0.694. The van der Waals surface area contributed by atoms with Crippen molar-refractivity contribution in [1.82, 2.24) is 10.2 Å². The summed E-state index contributed by atoms with van der Waals surface area (Å²) < 4.78 is 5.59. The van der Waals surface area contributed by atoms with Crippen LogP contribution in [0.2, 0.25) is 10.0 Å². The van der Waals surface area contributed by atoms with Gasteiger partial charge in [0, 0.05) is 36.6 Å². The van der Waals surface area contributed by atoms with Crippen molar-refractivity contribution in [1.29, 1.82) is 0 Å². The molecule has 0 spiro atoms. The van der Waals surface area contributed by atoms with E-state index >= 15 is 0 Å². The molecule has 4 nitrogen and oxygen atoms in total. The number of nitrogens with one attached hydrogen (secondary N) is 1. The predicted octanol–water partition coefficient (Wildman–Crippen LogP) is 3.92. The largest absolute Gasteiger partial charge is 0.492 e. The minimum atomic E-state index is 0. The van der Waals surface area contributed by atoms with Crippen LogP contribution in [0.3, 0.4) is 0 Å². The Balaban J connectivity index is 0.00000264. The summed E-state index contributed by atoms with van der Waals surface area (Å²) in [5.41, 5.74) is 0.955. The Morgan fingerprint density at radius 3 is 2.78 bits per heavy atom. The second-order valence-electron chi connectivity index (χ2n) is 5.32. The zero-order valence-electron chi connectivity index (χ0n) is 13.2. The van der Waals surface area contributed by atoms with E-state index in [1.807, 2.05) is 17.9 Å². The molecule has 1 fully saturated rings. The van der Waals surface area contributed by atoms with Gasteiger partial charge in [-0.05, 0) is 38.4 Å². The number of halogens is 3. The molecule has 1 aromatic carbocycles. The van der Waals surface area contributed by atoms with Gasteiger partial charge >= 0.3 is 0 Å². The number of likely N-dealkylation sites (tertiary alicyclic amines) is 1. The third-order valence-corrected chi connectivity index (χ3v) is 4.14. The summed E-state index contributed by atoms with van der Waals surface area (Å²) in [5, 5.41) is 4.50. The Morgan fingerprint density at radius 1 is 1.35 bits per heavy atom. The first-order valence-corrected chi connectivity index (χ1v) is 8.46. The number of carbonyl (C=O) groups excluding carboxylic acids is 1. The van der Waals surface area contributed by atoms with Crippen LogP contribution in [0.25, 0.3) is 0 Å². The van der Waals surface area contributed by atoms with Gasteiger partial charge in [-0.3, -0.25) is 4.79 Å². The van der Waals surface area contributed by atoms with Crippen LogP contribution in [0.4, 0.5) is 0 Å². The molecule has 0 saturated carbocycles. The van der Waals surface area contributed by atoms with Gasteiger partial charge in [-0.25, -0.2) is 0 Å². The molecule has 0 radical (unpaired) electrons. The first kappa shape index (κ1) is 20.4. The minimum Gasteiger partial charge on any atom is -0.492 e. The minimum absolute atomic E-state index is 0.